The van der Waals surface area contributed by atoms with E-state index < -0.39 is 0 Å². The molecule has 5 heteroatoms. The molecule has 0 radical (unpaired) electrons. The predicted octanol–water partition coefficient (Wildman–Crippen LogP) is 3.02. The first-order valence-corrected chi connectivity index (χ1v) is 7.15. The van der Waals surface area contributed by atoms with Crippen LogP contribution in [-0.2, 0) is 6.54 Å². The molecule has 1 saturated heterocycles. The molecule has 0 saturated carbocycles. The summed E-state index contributed by atoms with van der Waals surface area (Å²) < 4.78 is 0. The highest BCUT2D eigenvalue weighted by Gasteiger charge is 2.20. The number of piperazine rings is 1. The van der Waals surface area contributed by atoms with Gasteiger partial charge in [0.15, 0.2) is 0 Å². The number of hydrogen-bond donors (Lipinski definition) is 0. The second kappa shape index (κ2) is 6.58. The van der Waals surface area contributed by atoms with Crippen LogP contribution in [-0.4, -0.2) is 42.0 Å². The number of halogens is 2. The first kappa shape index (κ1) is 14.6. The second-order valence-electron chi connectivity index (χ2n) is 4.87. The summed E-state index contributed by atoms with van der Waals surface area (Å²) >= 11 is 11.9. The lowest BCUT2D eigenvalue weighted by Gasteiger charge is -2.35. The van der Waals surface area contributed by atoms with E-state index in [2.05, 4.69) is 15.9 Å². The molecular formula is C14H17Cl2N3. The van der Waals surface area contributed by atoms with Crippen LogP contribution >= 0.6 is 23.2 Å². The molecule has 1 unspecified atom stereocenters. The maximum Gasteiger partial charge on any atom is 0.0950 e. The Labute approximate surface area is 124 Å². The van der Waals surface area contributed by atoms with Gasteiger partial charge in [-0.3, -0.25) is 9.80 Å². The summed E-state index contributed by atoms with van der Waals surface area (Å²) in [7, 11) is 0. The molecule has 0 aromatic heterocycles. The van der Waals surface area contributed by atoms with Crippen LogP contribution in [0, 0.1) is 11.3 Å². The molecule has 1 fully saturated rings. The van der Waals surface area contributed by atoms with E-state index in [4.69, 9.17) is 28.5 Å². The molecule has 0 amide bonds. The lowest BCUT2D eigenvalue weighted by atomic mass is 10.2. The number of hydrogen-bond acceptors (Lipinski definition) is 3. The Bertz CT molecular complexity index is 476. The molecule has 0 bridgehead atoms. The van der Waals surface area contributed by atoms with Gasteiger partial charge >= 0.3 is 0 Å². The molecule has 1 aliphatic rings. The van der Waals surface area contributed by atoms with Crippen LogP contribution in [0.3, 0.4) is 0 Å². The van der Waals surface area contributed by atoms with Crippen molar-refractivity contribution in [1.82, 2.24) is 9.80 Å². The van der Waals surface area contributed by atoms with Crippen molar-refractivity contribution in [2.24, 2.45) is 0 Å². The molecule has 19 heavy (non-hydrogen) atoms. The van der Waals surface area contributed by atoms with E-state index in [9.17, 15) is 0 Å². The van der Waals surface area contributed by atoms with Gasteiger partial charge in [0.25, 0.3) is 0 Å². The second-order valence-corrected chi connectivity index (χ2v) is 5.68. The normalized spacial score (nSPS) is 19.1. The average molecular weight is 298 g/mol. The van der Waals surface area contributed by atoms with Gasteiger partial charge in [0, 0.05) is 32.7 Å². The van der Waals surface area contributed by atoms with Crippen LogP contribution in [0.25, 0.3) is 0 Å². The highest BCUT2D eigenvalue weighted by molar-refractivity contribution is 6.42. The van der Waals surface area contributed by atoms with Crippen molar-refractivity contribution in [1.29, 1.82) is 5.26 Å². The molecule has 2 rings (SSSR count). The lowest BCUT2D eigenvalue weighted by molar-refractivity contribution is 0.114. The number of rotatable bonds is 3. The summed E-state index contributed by atoms with van der Waals surface area (Å²) in [4.78, 5) is 4.59. The van der Waals surface area contributed by atoms with E-state index in [0.29, 0.717) is 10.0 Å². The summed E-state index contributed by atoms with van der Waals surface area (Å²) in [6.45, 7) is 6.67. The Morgan fingerprint density at radius 1 is 1.21 bits per heavy atom. The zero-order valence-corrected chi connectivity index (χ0v) is 12.5. The molecule has 3 nitrogen and oxygen atoms in total. The molecule has 1 aromatic rings. The van der Waals surface area contributed by atoms with E-state index in [1.165, 1.54) is 5.56 Å². The van der Waals surface area contributed by atoms with Crippen LogP contribution in [0.1, 0.15) is 12.5 Å². The average Bonchev–Trinajstić information content (AvgIpc) is 2.43. The topological polar surface area (TPSA) is 30.3 Å². The van der Waals surface area contributed by atoms with Gasteiger partial charge in [-0.15, -0.1) is 0 Å². The Balaban J connectivity index is 1.89. The maximum absolute atomic E-state index is 8.91. The van der Waals surface area contributed by atoms with E-state index in [1.807, 2.05) is 25.1 Å². The van der Waals surface area contributed by atoms with Crippen molar-refractivity contribution in [3.05, 3.63) is 33.8 Å². The van der Waals surface area contributed by atoms with Crippen LogP contribution in [0.2, 0.25) is 10.0 Å². The summed E-state index contributed by atoms with van der Waals surface area (Å²) in [5, 5.41) is 10.1. The van der Waals surface area contributed by atoms with Crippen LogP contribution in [0.5, 0.6) is 0 Å². The largest absolute Gasteiger partial charge is 0.297 e. The predicted molar refractivity (Wildman–Crippen MR) is 78.4 cm³/mol. The quantitative estimate of drug-likeness (QED) is 0.859. The molecule has 0 spiro atoms. The Morgan fingerprint density at radius 3 is 2.47 bits per heavy atom. The van der Waals surface area contributed by atoms with Gasteiger partial charge < -0.3 is 0 Å². The zero-order chi connectivity index (χ0) is 13.8. The SMILES string of the molecule is CC(C#N)N1CCN(Cc2ccc(Cl)c(Cl)c2)CC1. The van der Waals surface area contributed by atoms with E-state index in [1.54, 1.807) is 0 Å². The third-order valence-corrected chi connectivity index (χ3v) is 4.27. The standard InChI is InChI=1S/C14H17Cl2N3/c1-11(9-17)19-6-4-18(5-7-19)10-12-2-3-13(15)14(16)8-12/h2-3,8,11H,4-7,10H2,1H3. The Kier molecular flexibility index (Phi) is 5.06. The van der Waals surface area contributed by atoms with E-state index in [0.717, 1.165) is 32.7 Å². The molecular weight excluding hydrogens is 281 g/mol. The molecule has 102 valence electrons. The van der Waals surface area contributed by atoms with Gasteiger partial charge in [0.2, 0.25) is 0 Å². The maximum atomic E-state index is 8.91. The minimum atomic E-state index is 0.00660. The summed E-state index contributed by atoms with van der Waals surface area (Å²) in [6, 6.07) is 8.07. The van der Waals surface area contributed by atoms with Crippen molar-refractivity contribution in [3.8, 4) is 6.07 Å². The fraction of sp³-hybridized carbons (Fsp3) is 0.500. The lowest BCUT2D eigenvalue weighted by Crippen LogP contribution is -2.48. The Hall–Kier alpha value is -0.790. The van der Waals surface area contributed by atoms with Gasteiger partial charge in [0.1, 0.15) is 0 Å². The van der Waals surface area contributed by atoms with Crippen LogP contribution in [0.4, 0.5) is 0 Å². The minimum Gasteiger partial charge on any atom is -0.297 e. The molecule has 0 aliphatic carbocycles. The van der Waals surface area contributed by atoms with Gasteiger partial charge in [-0.25, -0.2) is 0 Å². The third kappa shape index (κ3) is 3.84. The van der Waals surface area contributed by atoms with Gasteiger partial charge in [-0.2, -0.15) is 5.26 Å². The first-order chi connectivity index (χ1) is 9.10. The number of nitriles is 1. The van der Waals surface area contributed by atoms with Crippen molar-refractivity contribution < 1.29 is 0 Å². The van der Waals surface area contributed by atoms with Crippen LogP contribution < -0.4 is 0 Å². The highest BCUT2D eigenvalue weighted by atomic mass is 35.5. The summed E-state index contributed by atoms with van der Waals surface area (Å²) in [5.74, 6) is 0. The molecule has 1 aromatic carbocycles. The van der Waals surface area contributed by atoms with Crippen molar-refractivity contribution in [2.45, 2.75) is 19.5 Å². The summed E-state index contributed by atoms with van der Waals surface area (Å²) in [5.41, 5.74) is 1.18. The van der Waals surface area contributed by atoms with Gasteiger partial charge in [-0.05, 0) is 24.6 Å². The Morgan fingerprint density at radius 2 is 1.89 bits per heavy atom. The van der Waals surface area contributed by atoms with E-state index >= 15 is 0 Å². The van der Waals surface area contributed by atoms with Crippen molar-refractivity contribution in [3.63, 3.8) is 0 Å². The fourth-order valence-electron chi connectivity index (χ4n) is 2.29. The number of benzene rings is 1. The smallest absolute Gasteiger partial charge is 0.0950 e. The molecule has 1 heterocycles. The van der Waals surface area contributed by atoms with Gasteiger partial charge in [0.05, 0.1) is 22.2 Å². The van der Waals surface area contributed by atoms with Crippen molar-refractivity contribution in [2.75, 3.05) is 26.2 Å². The minimum absolute atomic E-state index is 0.00660. The highest BCUT2D eigenvalue weighted by Crippen LogP contribution is 2.23. The first-order valence-electron chi connectivity index (χ1n) is 6.40. The van der Waals surface area contributed by atoms with E-state index in [-0.39, 0.29) is 6.04 Å². The van der Waals surface area contributed by atoms with Gasteiger partial charge in [-0.1, -0.05) is 29.3 Å². The summed E-state index contributed by atoms with van der Waals surface area (Å²) in [6.07, 6.45) is 0. The van der Waals surface area contributed by atoms with Crippen LogP contribution in [0.15, 0.2) is 18.2 Å². The van der Waals surface area contributed by atoms with Crippen molar-refractivity contribution >= 4 is 23.2 Å². The third-order valence-electron chi connectivity index (χ3n) is 3.53. The monoisotopic (exact) mass is 297 g/mol. The molecule has 1 atom stereocenters. The number of nitrogens with zero attached hydrogens (tertiary/aromatic N) is 3. The fourth-order valence-corrected chi connectivity index (χ4v) is 2.61. The molecule has 1 aliphatic heterocycles. The zero-order valence-electron chi connectivity index (χ0n) is 10.9. The molecule has 0 N–H and O–H groups in total.